The highest BCUT2D eigenvalue weighted by atomic mass is 16.4. The molecule has 0 saturated carbocycles. The number of carboxylic acid groups (broad SMARTS) is 1. The molecule has 0 fully saturated rings. The molecular weight excluding hydrogens is 256 g/mol. The number of fused-ring (bicyclic) bond motifs is 1. The lowest BCUT2D eigenvalue weighted by Gasteiger charge is -2.24. The van der Waals surface area contributed by atoms with Crippen LogP contribution in [0.15, 0.2) is 18.2 Å². The van der Waals surface area contributed by atoms with E-state index < -0.39 is 17.5 Å². The van der Waals surface area contributed by atoms with E-state index in [4.69, 9.17) is 5.11 Å². The van der Waals surface area contributed by atoms with E-state index >= 15 is 0 Å². The maximum atomic E-state index is 11.9. The zero-order chi connectivity index (χ0) is 14.8. The molecule has 0 radical (unpaired) electrons. The monoisotopic (exact) mass is 276 g/mol. The van der Waals surface area contributed by atoms with Crippen LogP contribution in [0.1, 0.15) is 37.8 Å². The van der Waals surface area contributed by atoms with Crippen molar-refractivity contribution in [3.8, 4) is 0 Å². The Kier molecular flexibility index (Phi) is 3.97. The summed E-state index contributed by atoms with van der Waals surface area (Å²) in [5.41, 5.74) is 2.05. The smallest absolute Gasteiger partial charge is 0.329 e. The lowest BCUT2D eigenvalue weighted by Crippen LogP contribution is -2.53. The van der Waals surface area contributed by atoms with Gasteiger partial charge in [0.25, 0.3) is 0 Å². The standard InChI is InChI=1S/C15H20N2O3/c1-3-15(2,13(18)19)17-14(20)16-12-8-7-10-5-4-6-11(10)9-12/h7-9H,3-6H2,1-2H3,(H,18,19)(H2,16,17,20). The number of anilines is 1. The molecule has 0 saturated heterocycles. The van der Waals surface area contributed by atoms with E-state index in [1.165, 1.54) is 18.1 Å². The predicted molar refractivity (Wildman–Crippen MR) is 77.0 cm³/mol. The van der Waals surface area contributed by atoms with Gasteiger partial charge in [0, 0.05) is 5.69 Å². The van der Waals surface area contributed by atoms with Crippen molar-refractivity contribution in [3.05, 3.63) is 29.3 Å². The van der Waals surface area contributed by atoms with Gasteiger partial charge in [0.05, 0.1) is 0 Å². The summed E-state index contributed by atoms with van der Waals surface area (Å²) in [6.45, 7) is 3.22. The predicted octanol–water partition coefficient (Wildman–Crippen LogP) is 2.55. The molecule has 0 aromatic heterocycles. The number of carboxylic acids is 1. The first kappa shape index (κ1) is 14.4. The largest absolute Gasteiger partial charge is 0.480 e. The van der Waals surface area contributed by atoms with Crippen molar-refractivity contribution in [1.29, 1.82) is 0 Å². The fraction of sp³-hybridized carbons (Fsp3) is 0.467. The Balaban J connectivity index is 2.03. The molecule has 5 heteroatoms. The van der Waals surface area contributed by atoms with Crippen LogP contribution in [0.2, 0.25) is 0 Å². The van der Waals surface area contributed by atoms with Crippen molar-refractivity contribution >= 4 is 17.7 Å². The maximum Gasteiger partial charge on any atom is 0.329 e. The number of hydrogen-bond donors (Lipinski definition) is 3. The first-order valence-corrected chi connectivity index (χ1v) is 6.89. The van der Waals surface area contributed by atoms with E-state index in [1.807, 2.05) is 18.2 Å². The van der Waals surface area contributed by atoms with Crippen LogP contribution in [0.3, 0.4) is 0 Å². The van der Waals surface area contributed by atoms with Crippen LogP contribution in [-0.4, -0.2) is 22.6 Å². The van der Waals surface area contributed by atoms with Crippen molar-refractivity contribution < 1.29 is 14.7 Å². The molecule has 0 heterocycles. The molecule has 1 aliphatic rings. The molecule has 0 bridgehead atoms. The summed E-state index contributed by atoms with van der Waals surface area (Å²) in [5, 5.41) is 14.3. The molecule has 1 aromatic rings. The molecule has 2 rings (SSSR count). The van der Waals surface area contributed by atoms with E-state index in [0.717, 1.165) is 19.3 Å². The van der Waals surface area contributed by atoms with Gasteiger partial charge in [-0.3, -0.25) is 0 Å². The number of amides is 2. The molecular formula is C15H20N2O3. The molecule has 5 nitrogen and oxygen atoms in total. The lowest BCUT2D eigenvalue weighted by molar-refractivity contribution is -0.143. The summed E-state index contributed by atoms with van der Waals surface area (Å²) in [7, 11) is 0. The summed E-state index contributed by atoms with van der Waals surface area (Å²) >= 11 is 0. The summed E-state index contributed by atoms with van der Waals surface area (Å²) < 4.78 is 0. The Bertz CT molecular complexity index is 542. The van der Waals surface area contributed by atoms with Gasteiger partial charge in [-0.1, -0.05) is 13.0 Å². The molecule has 1 aromatic carbocycles. The number of benzene rings is 1. The summed E-state index contributed by atoms with van der Waals surface area (Å²) in [5.74, 6) is -1.04. The van der Waals surface area contributed by atoms with E-state index in [0.29, 0.717) is 12.1 Å². The van der Waals surface area contributed by atoms with Gasteiger partial charge in [-0.25, -0.2) is 9.59 Å². The van der Waals surface area contributed by atoms with Gasteiger partial charge in [-0.05, 0) is 55.9 Å². The third-order valence-corrected chi connectivity index (χ3v) is 3.92. The Labute approximate surface area is 118 Å². The van der Waals surface area contributed by atoms with Crippen LogP contribution in [0.4, 0.5) is 10.5 Å². The number of hydrogen-bond acceptors (Lipinski definition) is 2. The number of urea groups is 1. The van der Waals surface area contributed by atoms with E-state index in [1.54, 1.807) is 6.92 Å². The van der Waals surface area contributed by atoms with Gasteiger partial charge in [0.15, 0.2) is 0 Å². The fourth-order valence-corrected chi connectivity index (χ4v) is 2.36. The van der Waals surface area contributed by atoms with Crippen molar-refractivity contribution in [2.45, 2.75) is 45.1 Å². The minimum Gasteiger partial charge on any atom is -0.480 e. The number of rotatable bonds is 4. The second-order valence-corrected chi connectivity index (χ2v) is 5.41. The lowest BCUT2D eigenvalue weighted by atomic mass is 10.00. The summed E-state index contributed by atoms with van der Waals surface area (Å²) in [6.07, 6.45) is 3.60. The highest BCUT2D eigenvalue weighted by Gasteiger charge is 2.32. The van der Waals surface area contributed by atoms with Gasteiger partial charge in [-0.2, -0.15) is 0 Å². The average molecular weight is 276 g/mol. The Morgan fingerprint density at radius 1 is 1.30 bits per heavy atom. The minimum atomic E-state index is -1.25. The first-order chi connectivity index (χ1) is 9.44. The highest BCUT2D eigenvalue weighted by molar-refractivity contribution is 5.93. The third kappa shape index (κ3) is 2.92. The topological polar surface area (TPSA) is 78.4 Å². The van der Waals surface area contributed by atoms with Crippen LogP contribution in [-0.2, 0) is 17.6 Å². The molecule has 1 atom stereocenters. The van der Waals surface area contributed by atoms with Crippen molar-refractivity contribution in [1.82, 2.24) is 5.32 Å². The molecule has 20 heavy (non-hydrogen) atoms. The van der Waals surface area contributed by atoms with E-state index in [-0.39, 0.29) is 0 Å². The van der Waals surface area contributed by atoms with Gasteiger partial charge in [0.1, 0.15) is 5.54 Å². The summed E-state index contributed by atoms with van der Waals surface area (Å²) in [6, 6.07) is 5.35. The number of aliphatic carboxylic acids is 1. The van der Waals surface area contributed by atoms with Crippen LogP contribution < -0.4 is 10.6 Å². The van der Waals surface area contributed by atoms with Gasteiger partial charge in [0.2, 0.25) is 0 Å². The normalized spacial score (nSPS) is 16.1. The summed E-state index contributed by atoms with van der Waals surface area (Å²) in [4.78, 5) is 23.1. The SMILES string of the molecule is CCC(C)(NC(=O)Nc1ccc2c(c1)CCC2)C(=O)O. The molecule has 1 aliphatic carbocycles. The highest BCUT2D eigenvalue weighted by Crippen LogP contribution is 2.24. The van der Waals surface area contributed by atoms with E-state index in [9.17, 15) is 9.59 Å². The van der Waals surface area contributed by atoms with E-state index in [2.05, 4.69) is 10.6 Å². The maximum absolute atomic E-state index is 11.9. The number of carbonyl (C=O) groups excluding carboxylic acids is 1. The van der Waals surface area contributed by atoms with Crippen LogP contribution in [0.5, 0.6) is 0 Å². The molecule has 0 aliphatic heterocycles. The van der Waals surface area contributed by atoms with Gasteiger partial charge >= 0.3 is 12.0 Å². The van der Waals surface area contributed by atoms with Crippen molar-refractivity contribution in [3.63, 3.8) is 0 Å². The van der Waals surface area contributed by atoms with Crippen molar-refractivity contribution in [2.75, 3.05) is 5.32 Å². The number of aryl methyl sites for hydroxylation is 2. The third-order valence-electron chi connectivity index (χ3n) is 3.92. The van der Waals surface area contributed by atoms with Crippen LogP contribution in [0, 0.1) is 0 Å². The molecule has 108 valence electrons. The van der Waals surface area contributed by atoms with Crippen molar-refractivity contribution in [2.24, 2.45) is 0 Å². The minimum absolute atomic E-state index is 0.319. The number of nitrogens with one attached hydrogen (secondary N) is 2. The molecule has 3 N–H and O–H groups in total. The molecule has 0 spiro atoms. The second-order valence-electron chi connectivity index (χ2n) is 5.41. The Hall–Kier alpha value is -2.04. The fourth-order valence-electron chi connectivity index (χ4n) is 2.36. The quantitative estimate of drug-likeness (QED) is 0.790. The van der Waals surface area contributed by atoms with Gasteiger partial charge in [-0.15, -0.1) is 0 Å². The van der Waals surface area contributed by atoms with Crippen LogP contribution in [0.25, 0.3) is 0 Å². The Morgan fingerprint density at radius 2 is 2.00 bits per heavy atom. The molecule has 1 unspecified atom stereocenters. The first-order valence-electron chi connectivity index (χ1n) is 6.89. The number of carbonyl (C=O) groups is 2. The zero-order valence-electron chi connectivity index (χ0n) is 11.8. The second kappa shape index (κ2) is 5.53. The Morgan fingerprint density at radius 3 is 2.65 bits per heavy atom. The average Bonchev–Trinajstić information content (AvgIpc) is 2.85. The van der Waals surface area contributed by atoms with Gasteiger partial charge < -0.3 is 15.7 Å². The van der Waals surface area contributed by atoms with Crippen LogP contribution >= 0.6 is 0 Å². The molecule has 2 amide bonds. The zero-order valence-corrected chi connectivity index (χ0v) is 11.8.